The van der Waals surface area contributed by atoms with Crippen LogP contribution in [0.1, 0.15) is 32.9 Å². The molecule has 0 atom stereocenters. The first-order valence-electron chi connectivity index (χ1n) is 4.42. The third-order valence-electron chi connectivity index (χ3n) is 1.50. The minimum atomic E-state index is -2.45. The SMILES string of the molecule is C[C](C)(C)[Sn][c]1cccc(C(F)F)n1. The first kappa shape index (κ1) is 11.9. The maximum atomic E-state index is 12.3. The van der Waals surface area contributed by atoms with Crippen molar-refractivity contribution >= 4 is 24.9 Å². The zero-order valence-corrected chi connectivity index (χ0v) is 11.4. The van der Waals surface area contributed by atoms with E-state index in [-0.39, 0.29) is 9.12 Å². The molecule has 0 saturated carbocycles. The van der Waals surface area contributed by atoms with E-state index in [9.17, 15) is 8.78 Å². The number of aromatic nitrogens is 1. The summed E-state index contributed by atoms with van der Waals surface area (Å²) >= 11 is -0.859. The molecular weight excluding hydrogens is 291 g/mol. The van der Waals surface area contributed by atoms with Crippen LogP contribution in [0.2, 0.25) is 3.43 Å². The Morgan fingerprint density at radius 3 is 2.43 bits per heavy atom. The van der Waals surface area contributed by atoms with Gasteiger partial charge in [-0.3, -0.25) is 0 Å². The van der Waals surface area contributed by atoms with E-state index in [4.69, 9.17) is 0 Å². The van der Waals surface area contributed by atoms with Crippen molar-refractivity contribution < 1.29 is 8.78 Å². The van der Waals surface area contributed by atoms with Gasteiger partial charge in [0.25, 0.3) is 0 Å². The summed E-state index contributed by atoms with van der Waals surface area (Å²) in [5.74, 6) is 0. The predicted octanol–water partition coefficient (Wildman–Crippen LogP) is 2.57. The molecule has 0 amide bonds. The van der Waals surface area contributed by atoms with Gasteiger partial charge in [-0.15, -0.1) is 0 Å². The molecule has 1 aromatic heterocycles. The van der Waals surface area contributed by atoms with E-state index < -0.39 is 27.6 Å². The summed E-state index contributed by atoms with van der Waals surface area (Å²) in [5.41, 5.74) is -0.0901. The van der Waals surface area contributed by atoms with Gasteiger partial charge in [0.2, 0.25) is 0 Å². The third kappa shape index (κ3) is 3.90. The fourth-order valence-corrected chi connectivity index (χ4v) is 4.26. The minimum absolute atomic E-state index is 0.0901. The topological polar surface area (TPSA) is 12.9 Å². The van der Waals surface area contributed by atoms with E-state index in [1.807, 2.05) is 6.07 Å². The summed E-state index contributed by atoms with van der Waals surface area (Å²) in [4.78, 5) is 3.98. The van der Waals surface area contributed by atoms with Gasteiger partial charge in [0.05, 0.1) is 0 Å². The van der Waals surface area contributed by atoms with Gasteiger partial charge in [-0.2, -0.15) is 0 Å². The molecule has 4 heteroatoms. The van der Waals surface area contributed by atoms with Crippen LogP contribution < -0.4 is 3.71 Å². The van der Waals surface area contributed by atoms with Gasteiger partial charge < -0.3 is 0 Å². The second-order valence-electron chi connectivity index (χ2n) is 4.12. The van der Waals surface area contributed by atoms with Gasteiger partial charge in [-0.1, -0.05) is 0 Å². The van der Waals surface area contributed by atoms with Crippen molar-refractivity contribution in [2.75, 3.05) is 0 Å². The summed E-state index contributed by atoms with van der Waals surface area (Å²) in [6.07, 6.45) is -2.45. The number of nitrogens with zero attached hydrogens (tertiary/aromatic N) is 1. The van der Waals surface area contributed by atoms with Gasteiger partial charge in [-0.25, -0.2) is 0 Å². The van der Waals surface area contributed by atoms with Gasteiger partial charge in [0.15, 0.2) is 0 Å². The first-order valence-corrected chi connectivity index (χ1v) is 7.27. The number of hydrogen-bond acceptors (Lipinski definition) is 1. The van der Waals surface area contributed by atoms with Crippen molar-refractivity contribution in [2.24, 2.45) is 0 Å². The second kappa shape index (κ2) is 4.55. The fraction of sp³-hybridized carbons (Fsp3) is 0.500. The standard InChI is InChI=1S/C6H4F2N.C4H9.Sn/c7-6(8)5-3-1-2-4-9-5;1-4(2)3;/h1-3,6H;1-3H3;. The molecular formula is C10H13F2NSn. The Labute approximate surface area is 93.2 Å². The Morgan fingerprint density at radius 2 is 1.93 bits per heavy atom. The van der Waals surface area contributed by atoms with Gasteiger partial charge >= 0.3 is 93.1 Å². The summed E-state index contributed by atoms with van der Waals surface area (Å²) in [6.45, 7) is 6.40. The van der Waals surface area contributed by atoms with Crippen molar-refractivity contribution in [1.82, 2.24) is 4.98 Å². The zero-order chi connectivity index (χ0) is 10.8. The Kier molecular flexibility index (Phi) is 3.86. The Hall–Kier alpha value is -0.191. The second-order valence-corrected chi connectivity index (χ2v) is 10.6. The quantitative estimate of drug-likeness (QED) is 0.765. The molecule has 0 aliphatic heterocycles. The van der Waals surface area contributed by atoms with E-state index in [0.717, 1.165) is 3.71 Å². The van der Waals surface area contributed by atoms with Crippen LogP contribution in [0.25, 0.3) is 0 Å². The Morgan fingerprint density at radius 1 is 1.29 bits per heavy atom. The van der Waals surface area contributed by atoms with Crippen LogP contribution in [0.3, 0.4) is 0 Å². The summed E-state index contributed by atoms with van der Waals surface area (Å²) < 4.78 is 25.8. The van der Waals surface area contributed by atoms with Crippen molar-refractivity contribution in [1.29, 1.82) is 0 Å². The van der Waals surface area contributed by atoms with Crippen LogP contribution in [0.4, 0.5) is 8.78 Å². The number of hydrogen-bond donors (Lipinski definition) is 0. The Balaban J connectivity index is 2.84. The molecule has 1 heterocycles. The molecule has 0 N–H and O–H groups in total. The van der Waals surface area contributed by atoms with Crippen molar-refractivity contribution in [3.05, 3.63) is 23.9 Å². The molecule has 76 valence electrons. The molecule has 0 bridgehead atoms. The van der Waals surface area contributed by atoms with Crippen molar-refractivity contribution in [2.45, 2.75) is 30.6 Å². The summed E-state index contributed by atoms with van der Waals surface area (Å²) in [6, 6.07) is 4.93. The molecule has 1 aromatic rings. The van der Waals surface area contributed by atoms with Crippen LogP contribution >= 0.6 is 0 Å². The molecule has 0 unspecified atom stereocenters. The molecule has 0 spiro atoms. The molecule has 14 heavy (non-hydrogen) atoms. The molecule has 2 radical (unpaired) electrons. The molecule has 0 aliphatic rings. The molecule has 1 rings (SSSR count). The van der Waals surface area contributed by atoms with Crippen LogP contribution in [-0.4, -0.2) is 26.1 Å². The van der Waals surface area contributed by atoms with Crippen LogP contribution in [0.5, 0.6) is 0 Å². The number of alkyl halides is 2. The number of pyridine rings is 1. The molecule has 1 nitrogen and oxygen atoms in total. The van der Waals surface area contributed by atoms with E-state index in [2.05, 4.69) is 25.8 Å². The summed E-state index contributed by atoms with van der Waals surface area (Å²) in [5, 5.41) is 0. The molecule has 0 fully saturated rings. The monoisotopic (exact) mass is 305 g/mol. The van der Waals surface area contributed by atoms with E-state index >= 15 is 0 Å². The van der Waals surface area contributed by atoms with Crippen molar-refractivity contribution in [3.63, 3.8) is 0 Å². The average Bonchev–Trinajstić information content (AvgIpc) is 2.01. The zero-order valence-electron chi connectivity index (χ0n) is 8.51. The van der Waals surface area contributed by atoms with E-state index in [1.54, 1.807) is 6.07 Å². The molecule has 0 aromatic carbocycles. The maximum absolute atomic E-state index is 12.3. The van der Waals surface area contributed by atoms with Crippen molar-refractivity contribution in [3.8, 4) is 0 Å². The van der Waals surface area contributed by atoms with Crippen LogP contribution in [0, 0.1) is 0 Å². The average molecular weight is 304 g/mol. The first-order chi connectivity index (χ1) is 6.38. The summed E-state index contributed by atoms with van der Waals surface area (Å²) in [7, 11) is 0. The van der Waals surface area contributed by atoms with Gasteiger partial charge in [0, 0.05) is 0 Å². The van der Waals surface area contributed by atoms with Crippen LogP contribution in [0.15, 0.2) is 18.2 Å². The molecule has 0 aliphatic carbocycles. The third-order valence-corrected chi connectivity index (χ3v) is 5.16. The number of halogens is 2. The number of rotatable bonds is 2. The van der Waals surface area contributed by atoms with E-state index in [0.29, 0.717) is 0 Å². The Bertz CT molecular complexity index is 307. The fourth-order valence-electron chi connectivity index (χ4n) is 1.03. The molecule has 0 saturated heterocycles. The predicted molar refractivity (Wildman–Crippen MR) is 54.3 cm³/mol. The normalized spacial score (nSPS) is 12.1. The van der Waals surface area contributed by atoms with Gasteiger partial charge in [0.1, 0.15) is 0 Å². The van der Waals surface area contributed by atoms with E-state index in [1.165, 1.54) is 6.07 Å². The van der Waals surface area contributed by atoms with Crippen LogP contribution in [-0.2, 0) is 0 Å². The van der Waals surface area contributed by atoms with Gasteiger partial charge in [-0.05, 0) is 0 Å².